The van der Waals surface area contributed by atoms with Crippen LogP contribution in [-0.2, 0) is 9.53 Å². The third-order valence-electron chi connectivity index (χ3n) is 1.78. The number of esters is 1. The molecule has 0 fully saturated rings. The van der Waals surface area contributed by atoms with Crippen LogP contribution < -0.4 is 5.73 Å². The van der Waals surface area contributed by atoms with Crippen LogP contribution in [0.15, 0.2) is 11.5 Å². The molecule has 0 saturated heterocycles. The van der Waals surface area contributed by atoms with Crippen LogP contribution in [0.25, 0.3) is 5.57 Å². The molecule has 0 bridgehead atoms. The van der Waals surface area contributed by atoms with Crippen molar-refractivity contribution in [2.24, 2.45) is 5.41 Å². The van der Waals surface area contributed by atoms with E-state index in [1.54, 1.807) is 5.38 Å². The Morgan fingerprint density at radius 3 is 2.56 bits per heavy atom. The van der Waals surface area contributed by atoms with Gasteiger partial charge in [0.25, 0.3) is 0 Å². The maximum Gasteiger partial charge on any atom is 0.339 e. The molecule has 1 aromatic heterocycles. The second-order valence-corrected chi connectivity index (χ2v) is 5.38. The summed E-state index contributed by atoms with van der Waals surface area (Å²) in [6, 6.07) is 0. The molecule has 0 atom stereocenters. The summed E-state index contributed by atoms with van der Waals surface area (Å²) in [4.78, 5) is 15.7. The van der Waals surface area contributed by atoms with Crippen LogP contribution in [0.5, 0.6) is 0 Å². The highest BCUT2D eigenvalue weighted by Crippen LogP contribution is 2.26. The molecule has 1 heterocycles. The van der Waals surface area contributed by atoms with Crippen molar-refractivity contribution in [2.75, 3.05) is 12.8 Å². The van der Waals surface area contributed by atoms with Gasteiger partial charge in [0.2, 0.25) is 0 Å². The average Bonchev–Trinajstić information content (AvgIpc) is 2.58. The molecule has 0 aliphatic heterocycles. The second kappa shape index (κ2) is 4.65. The molecular weight excluding hydrogens is 224 g/mol. The van der Waals surface area contributed by atoms with Gasteiger partial charge in [-0.1, -0.05) is 26.8 Å². The van der Waals surface area contributed by atoms with Gasteiger partial charge in [-0.25, -0.2) is 9.78 Å². The minimum atomic E-state index is -0.389. The van der Waals surface area contributed by atoms with E-state index in [1.807, 2.05) is 26.8 Å². The molecule has 1 aromatic rings. The van der Waals surface area contributed by atoms with Gasteiger partial charge in [-0.05, 0) is 5.41 Å². The van der Waals surface area contributed by atoms with Gasteiger partial charge < -0.3 is 10.5 Å². The number of aromatic nitrogens is 1. The van der Waals surface area contributed by atoms with Crippen molar-refractivity contribution in [2.45, 2.75) is 20.8 Å². The lowest BCUT2D eigenvalue weighted by molar-refractivity contribution is -0.133. The number of carbonyl (C=O) groups excluding carboxylic acids is 1. The maximum absolute atomic E-state index is 11.6. The predicted molar refractivity (Wildman–Crippen MR) is 66.0 cm³/mol. The Hall–Kier alpha value is -1.36. The third-order valence-corrected chi connectivity index (χ3v) is 2.45. The van der Waals surface area contributed by atoms with Crippen LogP contribution >= 0.6 is 11.3 Å². The molecule has 0 spiro atoms. The fourth-order valence-electron chi connectivity index (χ4n) is 1.19. The van der Waals surface area contributed by atoms with Gasteiger partial charge in [-0.3, -0.25) is 0 Å². The van der Waals surface area contributed by atoms with Crippen molar-refractivity contribution in [3.63, 3.8) is 0 Å². The topological polar surface area (TPSA) is 65.2 Å². The number of allylic oxidation sites excluding steroid dienone is 1. The summed E-state index contributed by atoms with van der Waals surface area (Å²) < 4.78 is 4.74. The minimum Gasteiger partial charge on any atom is -0.465 e. The summed E-state index contributed by atoms with van der Waals surface area (Å²) in [5.74, 6) is -0.389. The summed E-state index contributed by atoms with van der Waals surface area (Å²) in [6.07, 6.45) is 1.84. The summed E-state index contributed by atoms with van der Waals surface area (Å²) in [6.45, 7) is 6.02. The van der Waals surface area contributed by atoms with Crippen molar-refractivity contribution in [3.8, 4) is 0 Å². The van der Waals surface area contributed by atoms with Crippen LogP contribution in [0, 0.1) is 5.41 Å². The first kappa shape index (κ1) is 12.7. The SMILES string of the molecule is COC(=O)/C(=C/C(C)(C)C)c1csc(N)n1. The summed E-state index contributed by atoms with van der Waals surface area (Å²) in [7, 11) is 1.36. The smallest absolute Gasteiger partial charge is 0.339 e. The molecule has 0 aromatic carbocycles. The quantitative estimate of drug-likeness (QED) is 0.636. The molecule has 88 valence electrons. The van der Waals surface area contributed by atoms with E-state index in [2.05, 4.69) is 4.98 Å². The van der Waals surface area contributed by atoms with E-state index in [1.165, 1.54) is 18.4 Å². The van der Waals surface area contributed by atoms with Gasteiger partial charge in [0.05, 0.1) is 18.4 Å². The zero-order chi connectivity index (χ0) is 12.3. The lowest BCUT2D eigenvalue weighted by atomic mass is 9.93. The number of nitrogens with zero attached hydrogens (tertiary/aromatic N) is 1. The average molecular weight is 240 g/mol. The number of nitrogen functional groups attached to an aromatic ring is 1. The first-order valence-corrected chi connectivity index (χ1v) is 5.74. The number of ether oxygens (including phenoxy) is 1. The Balaban J connectivity index is 3.16. The van der Waals surface area contributed by atoms with Crippen molar-refractivity contribution >= 4 is 28.0 Å². The van der Waals surface area contributed by atoms with E-state index in [0.29, 0.717) is 16.4 Å². The van der Waals surface area contributed by atoms with Gasteiger partial charge in [-0.2, -0.15) is 0 Å². The predicted octanol–water partition coefficient (Wildman–Crippen LogP) is 2.33. The number of rotatable bonds is 2. The maximum atomic E-state index is 11.6. The molecule has 0 radical (unpaired) electrons. The number of hydrogen-bond acceptors (Lipinski definition) is 5. The van der Waals surface area contributed by atoms with E-state index in [-0.39, 0.29) is 11.4 Å². The summed E-state index contributed by atoms with van der Waals surface area (Å²) in [5, 5.41) is 2.20. The van der Waals surface area contributed by atoms with Crippen molar-refractivity contribution in [1.82, 2.24) is 4.98 Å². The molecule has 0 saturated carbocycles. The Bertz CT molecular complexity index is 416. The molecule has 16 heavy (non-hydrogen) atoms. The fraction of sp³-hybridized carbons (Fsp3) is 0.455. The largest absolute Gasteiger partial charge is 0.465 e. The normalized spacial score (nSPS) is 12.6. The van der Waals surface area contributed by atoms with Gasteiger partial charge in [0.1, 0.15) is 0 Å². The van der Waals surface area contributed by atoms with Gasteiger partial charge in [-0.15, -0.1) is 11.3 Å². The van der Waals surface area contributed by atoms with E-state index in [9.17, 15) is 4.79 Å². The Labute approximate surface area is 99.1 Å². The minimum absolute atomic E-state index is 0.123. The van der Waals surface area contributed by atoms with Crippen molar-refractivity contribution < 1.29 is 9.53 Å². The lowest BCUT2D eigenvalue weighted by Crippen LogP contribution is -2.09. The van der Waals surface area contributed by atoms with E-state index in [0.717, 1.165) is 0 Å². The second-order valence-electron chi connectivity index (χ2n) is 4.49. The summed E-state index contributed by atoms with van der Waals surface area (Å²) >= 11 is 1.30. The van der Waals surface area contributed by atoms with Gasteiger partial charge in [0, 0.05) is 5.38 Å². The van der Waals surface area contributed by atoms with E-state index < -0.39 is 0 Å². The zero-order valence-corrected chi connectivity index (χ0v) is 10.7. The molecule has 0 unspecified atom stereocenters. The number of anilines is 1. The molecule has 0 amide bonds. The molecule has 4 nitrogen and oxygen atoms in total. The third kappa shape index (κ3) is 3.34. The molecule has 5 heteroatoms. The Morgan fingerprint density at radius 1 is 1.56 bits per heavy atom. The van der Waals surface area contributed by atoms with Crippen LogP contribution in [0.1, 0.15) is 26.5 Å². The van der Waals surface area contributed by atoms with Gasteiger partial charge >= 0.3 is 5.97 Å². The van der Waals surface area contributed by atoms with Crippen LogP contribution in [0.4, 0.5) is 5.13 Å². The van der Waals surface area contributed by atoms with E-state index >= 15 is 0 Å². The number of hydrogen-bond donors (Lipinski definition) is 1. The molecule has 0 aliphatic rings. The van der Waals surface area contributed by atoms with Crippen LogP contribution in [-0.4, -0.2) is 18.1 Å². The number of thiazole rings is 1. The first-order valence-electron chi connectivity index (χ1n) is 4.86. The standard InChI is InChI=1S/C11H16N2O2S/c1-11(2,3)5-7(9(14)15-4)8-6-16-10(12)13-8/h5-6H,1-4H3,(H2,12,13)/b7-5+. The number of nitrogens with two attached hydrogens (primary N) is 1. The molecule has 0 aliphatic carbocycles. The highest BCUT2D eigenvalue weighted by Gasteiger charge is 2.19. The summed E-state index contributed by atoms with van der Waals surface area (Å²) in [5.41, 5.74) is 6.46. The lowest BCUT2D eigenvalue weighted by Gasteiger charge is -2.14. The zero-order valence-electron chi connectivity index (χ0n) is 9.90. The number of carbonyl (C=O) groups is 1. The number of methoxy groups -OCH3 is 1. The van der Waals surface area contributed by atoms with Gasteiger partial charge in [0.15, 0.2) is 5.13 Å². The Kier molecular flexibility index (Phi) is 3.70. The fourth-order valence-corrected chi connectivity index (χ4v) is 1.75. The first-order chi connectivity index (χ1) is 7.33. The monoisotopic (exact) mass is 240 g/mol. The van der Waals surface area contributed by atoms with Crippen LogP contribution in [0.3, 0.4) is 0 Å². The molecule has 1 rings (SSSR count). The molecular formula is C11H16N2O2S. The van der Waals surface area contributed by atoms with E-state index in [4.69, 9.17) is 10.5 Å². The highest BCUT2D eigenvalue weighted by atomic mass is 32.1. The Morgan fingerprint density at radius 2 is 2.19 bits per heavy atom. The van der Waals surface area contributed by atoms with Crippen LogP contribution in [0.2, 0.25) is 0 Å². The van der Waals surface area contributed by atoms with Crippen molar-refractivity contribution in [1.29, 1.82) is 0 Å². The highest BCUT2D eigenvalue weighted by molar-refractivity contribution is 7.13. The molecule has 2 N–H and O–H groups in total. The van der Waals surface area contributed by atoms with Crippen molar-refractivity contribution in [3.05, 3.63) is 17.2 Å².